The number of rotatable bonds is 5. The molecular weight excluding hydrogens is 252 g/mol. The number of benzene rings is 1. The molecule has 3 rings (SSSR count). The summed E-state index contributed by atoms with van der Waals surface area (Å²) < 4.78 is 18.1. The monoisotopic (exact) mass is 276 g/mol. The van der Waals surface area contributed by atoms with E-state index in [9.17, 15) is 0 Å². The first-order valence-corrected chi connectivity index (χ1v) is 7.72. The van der Waals surface area contributed by atoms with E-state index in [0.717, 1.165) is 38.7 Å². The Labute approximate surface area is 121 Å². The van der Waals surface area contributed by atoms with Crippen molar-refractivity contribution in [2.75, 3.05) is 13.2 Å². The summed E-state index contributed by atoms with van der Waals surface area (Å²) in [5.41, 5.74) is 1.06. The van der Waals surface area contributed by atoms with Crippen LogP contribution in [-0.2, 0) is 20.8 Å². The van der Waals surface area contributed by atoms with Crippen LogP contribution in [0.3, 0.4) is 0 Å². The predicted molar refractivity (Wildman–Crippen MR) is 77.4 cm³/mol. The van der Waals surface area contributed by atoms with Gasteiger partial charge in [0.2, 0.25) is 0 Å². The molecule has 0 bridgehead atoms. The van der Waals surface area contributed by atoms with Crippen molar-refractivity contribution in [3.8, 4) is 0 Å². The molecule has 1 aromatic rings. The van der Waals surface area contributed by atoms with Crippen LogP contribution in [0.2, 0.25) is 0 Å². The lowest BCUT2D eigenvalue weighted by molar-refractivity contribution is -0.240. The summed E-state index contributed by atoms with van der Waals surface area (Å²) in [6.07, 6.45) is 5.18. The minimum atomic E-state index is -0.299. The molecule has 2 aliphatic rings. The highest BCUT2D eigenvalue weighted by Gasteiger charge is 2.50. The smallest absolute Gasteiger partial charge is 0.169 e. The van der Waals surface area contributed by atoms with Crippen molar-refractivity contribution >= 4 is 0 Å². The Bertz CT molecular complexity index is 425. The van der Waals surface area contributed by atoms with E-state index in [2.05, 4.69) is 19.1 Å². The molecule has 3 heteroatoms. The Balaban J connectivity index is 1.55. The molecule has 2 unspecified atom stereocenters. The van der Waals surface area contributed by atoms with Crippen LogP contribution >= 0.6 is 0 Å². The zero-order valence-corrected chi connectivity index (χ0v) is 12.3. The molecule has 0 aliphatic carbocycles. The maximum absolute atomic E-state index is 6.34. The lowest BCUT2D eigenvalue weighted by Gasteiger charge is -2.31. The zero-order valence-electron chi connectivity index (χ0n) is 12.3. The van der Waals surface area contributed by atoms with E-state index in [4.69, 9.17) is 14.2 Å². The molecular formula is C17H24O3. The largest absolute Gasteiger partial charge is 0.374 e. The van der Waals surface area contributed by atoms with Gasteiger partial charge in [-0.05, 0) is 24.8 Å². The number of hydrogen-bond acceptors (Lipinski definition) is 3. The first-order chi connectivity index (χ1) is 9.76. The van der Waals surface area contributed by atoms with E-state index in [1.165, 1.54) is 5.56 Å². The van der Waals surface area contributed by atoms with Gasteiger partial charge in [-0.2, -0.15) is 0 Å². The van der Waals surface area contributed by atoms with Crippen molar-refractivity contribution in [2.45, 2.75) is 57.0 Å². The standard InChI is InChI=1S/C17H24O3/c1-2-16(10-11-17(20-16)9-6-12-19-17)14-18-13-15-7-4-3-5-8-15/h3-5,7-8H,2,6,9-14H2,1H3. The van der Waals surface area contributed by atoms with Gasteiger partial charge in [-0.1, -0.05) is 37.3 Å². The molecule has 20 heavy (non-hydrogen) atoms. The van der Waals surface area contributed by atoms with Crippen LogP contribution in [0.5, 0.6) is 0 Å². The molecule has 0 amide bonds. The van der Waals surface area contributed by atoms with Crippen LogP contribution in [0.25, 0.3) is 0 Å². The van der Waals surface area contributed by atoms with E-state index in [0.29, 0.717) is 13.2 Å². The third-order valence-electron chi connectivity index (χ3n) is 4.55. The van der Waals surface area contributed by atoms with Gasteiger partial charge < -0.3 is 14.2 Å². The van der Waals surface area contributed by atoms with E-state index >= 15 is 0 Å². The first-order valence-electron chi connectivity index (χ1n) is 7.72. The SMILES string of the molecule is CCC1(COCc2ccccc2)CCC2(CCCO2)O1. The van der Waals surface area contributed by atoms with Crippen molar-refractivity contribution in [1.82, 2.24) is 0 Å². The molecule has 110 valence electrons. The van der Waals surface area contributed by atoms with Crippen LogP contribution < -0.4 is 0 Å². The van der Waals surface area contributed by atoms with Gasteiger partial charge in [0.15, 0.2) is 5.79 Å². The van der Waals surface area contributed by atoms with Gasteiger partial charge in [0.05, 0.1) is 25.4 Å². The predicted octanol–water partition coefficient (Wildman–Crippen LogP) is 3.67. The molecule has 0 N–H and O–H groups in total. The molecule has 2 atom stereocenters. The maximum atomic E-state index is 6.34. The second-order valence-corrected chi connectivity index (χ2v) is 5.98. The van der Waals surface area contributed by atoms with Gasteiger partial charge in [-0.15, -0.1) is 0 Å². The van der Waals surface area contributed by atoms with Crippen LogP contribution in [0.15, 0.2) is 30.3 Å². The quantitative estimate of drug-likeness (QED) is 0.821. The van der Waals surface area contributed by atoms with E-state index in [1.807, 2.05) is 18.2 Å². The number of ether oxygens (including phenoxy) is 3. The van der Waals surface area contributed by atoms with Gasteiger partial charge in [-0.3, -0.25) is 0 Å². The second kappa shape index (κ2) is 5.84. The molecule has 1 aromatic carbocycles. The van der Waals surface area contributed by atoms with Gasteiger partial charge in [0, 0.05) is 12.8 Å². The summed E-state index contributed by atoms with van der Waals surface area (Å²) in [5, 5.41) is 0. The summed E-state index contributed by atoms with van der Waals surface area (Å²) >= 11 is 0. The third kappa shape index (κ3) is 2.90. The zero-order chi connectivity index (χ0) is 13.9. The lowest BCUT2D eigenvalue weighted by Crippen LogP contribution is -2.38. The van der Waals surface area contributed by atoms with Crippen molar-refractivity contribution in [3.63, 3.8) is 0 Å². The summed E-state index contributed by atoms with van der Waals surface area (Å²) in [7, 11) is 0. The van der Waals surface area contributed by atoms with Crippen LogP contribution in [0.1, 0.15) is 44.6 Å². The highest BCUT2D eigenvalue weighted by Crippen LogP contribution is 2.45. The van der Waals surface area contributed by atoms with Crippen molar-refractivity contribution < 1.29 is 14.2 Å². The maximum Gasteiger partial charge on any atom is 0.169 e. The topological polar surface area (TPSA) is 27.7 Å². The van der Waals surface area contributed by atoms with Gasteiger partial charge in [0.1, 0.15) is 0 Å². The summed E-state index contributed by atoms with van der Waals surface area (Å²) in [5.74, 6) is -0.299. The fraction of sp³-hybridized carbons (Fsp3) is 0.647. The van der Waals surface area contributed by atoms with E-state index < -0.39 is 0 Å². The molecule has 2 saturated heterocycles. The number of hydrogen-bond donors (Lipinski definition) is 0. The Kier molecular flexibility index (Phi) is 4.11. The third-order valence-corrected chi connectivity index (χ3v) is 4.55. The van der Waals surface area contributed by atoms with Crippen LogP contribution in [0.4, 0.5) is 0 Å². The van der Waals surface area contributed by atoms with E-state index in [-0.39, 0.29) is 11.4 Å². The molecule has 3 nitrogen and oxygen atoms in total. The highest BCUT2D eigenvalue weighted by molar-refractivity contribution is 5.13. The first kappa shape index (κ1) is 14.1. The molecule has 1 spiro atoms. The second-order valence-electron chi connectivity index (χ2n) is 5.98. The normalized spacial score (nSPS) is 33.0. The summed E-state index contributed by atoms with van der Waals surface area (Å²) in [6, 6.07) is 10.3. The van der Waals surface area contributed by atoms with Crippen molar-refractivity contribution in [3.05, 3.63) is 35.9 Å². The summed E-state index contributed by atoms with van der Waals surface area (Å²) in [4.78, 5) is 0. The van der Waals surface area contributed by atoms with E-state index in [1.54, 1.807) is 0 Å². The van der Waals surface area contributed by atoms with Gasteiger partial charge in [0.25, 0.3) is 0 Å². The van der Waals surface area contributed by atoms with Crippen LogP contribution in [-0.4, -0.2) is 24.6 Å². The lowest BCUT2D eigenvalue weighted by atomic mass is 9.97. The molecule has 0 aromatic heterocycles. The molecule has 2 fully saturated rings. The molecule has 2 heterocycles. The summed E-state index contributed by atoms with van der Waals surface area (Å²) in [6.45, 7) is 4.33. The fourth-order valence-electron chi connectivity index (χ4n) is 3.25. The average Bonchev–Trinajstić information content (AvgIpc) is 3.09. The molecule has 0 saturated carbocycles. The van der Waals surface area contributed by atoms with Gasteiger partial charge in [-0.25, -0.2) is 0 Å². The van der Waals surface area contributed by atoms with Gasteiger partial charge >= 0.3 is 0 Å². The molecule has 0 radical (unpaired) electrons. The fourth-order valence-corrected chi connectivity index (χ4v) is 3.25. The minimum absolute atomic E-state index is 0.154. The van der Waals surface area contributed by atoms with Crippen molar-refractivity contribution in [1.29, 1.82) is 0 Å². The average molecular weight is 276 g/mol. The van der Waals surface area contributed by atoms with Crippen molar-refractivity contribution in [2.24, 2.45) is 0 Å². The Morgan fingerprint density at radius 1 is 1.15 bits per heavy atom. The highest BCUT2D eigenvalue weighted by atomic mass is 16.7. The van der Waals surface area contributed by atoms with Crippen LogP contribution in [0, 0.1) is 0 Å². The Morgan fingerprint density at radius 3 is 2.70 bits per heavy atom. The Morgan fingerprint density at radius 2 is 2.00 bits per heavy atom. The minimum Gasteiger partial charge on any atom is -0.374 e. The molecule has 2 aliphatic heterocycles. The Hall–Kier alpha value is -0.900.